The van der Waals surface area contributed by atoms with Gasteiger partial charge in [0.15, 0.2) is 5.96 Å². The van der Waals surface area contributed by atoms with Crippen LogP contribution in [-0.2, 0) is 0 Å². The predicted octanol–water partition coefficient (Wildman–Crippen LogP) is 4.55. The fourth-order valence-electron chi connectivity index (χ4n) is 3.77. The number of benzene rings is 1. The standard InChI is InChI=1S/C19H29N3.HI/c1-13(2)17-7-5-6-8-18(17)15(4)21-19-20-11-16-10-9-14(3)12-22(16)19;/h5-8,13-16H,9-12H2,1-4H3,(H,20,21);1H. The molecule has 3 unspecified atom stereocenters. The molecular weight excluding hydrogens is 397 g/mol. The molecule has 3 nitrogen and oxygen atoms in total. The lowest BCUT2D eigenvalue weighted by atomic mass is 9.93. The summed E-state index contributed by atoms with van der Waals surface area (Å²) in [5.74, 6) is 2.44. The van der Waals surface area contributed by atoms with E-state index >= 15 is 0 Å². The van der Waals surface area contributed by atoms with Crippen molar-refractivity contribution >= 4 is 29.9 Å². The number of piperidine rings is 1. The molecule has 0 radical (unpaired) electrons. The molecule has 0 bridgehead atoms. The van der Waals surface area contributed by atoms with E-state index in [-0.39, 0.29) is 24.0 Å². The molecule has 2 aliphatic rings. The highest BCUT2D eigenvalue weighted by Gasteiger charge is 2.33. The van der Waals surface area contributed by atoms with Crippen molar-refractivity contribution in [2.45, 2.75) is 58.5 Å². The minimum absolute atomic E-state index is 0. The van der Waals surface area contributed by atoms with E-state index in [1.807, 2.05) is 0 Å². The van der Waals surface area contributed by atoms with Crippen LogP contribution in [-0.4, -0.2) is 30.0 Å². The summed E-state index contributed by atoms with van der Waals surface area (Å²) >= 11 is 0. The van der Waals surface area contributed by atoms with Gasteiger partial charge in [0.1, 0.15) is 0 Å². The first-order valence-corrected chi connectivity index (χ1v) is 8.72. The molecule has 23 heavy (non-hydrogen) atoms. The molecule has 0 amide bonds. The summed E-state index contributed by atoms with van der Waals surface area (Å²) < 4.78 is 0. The topological polar surface area (TPSA) is 27.6 Å². The van der Waals surface area contributed by atoms with Gasteiger partial charge in [-0.1, -0.05) is 45.0 Å². The zero-order chi connectivity index (χ0) is 15.7. The Morgan fingerprint density at radius 1 is 1.13 bits per heavy atom. The highest BCUT2D eigenvalue weighted by molar-refractivity contribution is 14.0. The Kier molecular flexibility index (Phi) is 6.34. The van der Waals surface area contributed by atoms with Crippen molar-refractivity contribution in [1.29, 1.82) is 0 Å². The number of nitrogens with zero attached hydrogens (tertiary/aromatic N) is 2. The van der Waals surface area contributed by atoms with Crippen LogP contribution in [0.15, 0.2) is 29.3 Å². The fraction of sp³-hybridized carbons (Fsp3) is 0.632. The van der Waals surface area contributed by atoms with Crippen molar-refractivity contribution < 1.29 is 0 Å². The first-order chi connectivity index (χ1) is 10.6. The van der Waals surface area contributed by atoms with E-state index in [4.69, 9.17) is 4.99 Å². The van der Waals surface area contributed by atoms with Gasteiger partial charge in [0.2, 0.25) is 0 Å². The van der Waals surface area contributed by atoms with E-state index in [2.05, 4.69) is 62.2 Å². The summed E-state index contributed by atoms with van der Waals surface area (Å²) in [6, 6.07) is 9.71. The first kappa shape index (κ1) is 18.6. The Morgan fingerprint density at radius 2 is 1.83 bits per heavy atom. The largest absolute Gasteiger partial charge is 0.350 e. The predicted molar refractivity (Wildman–Crippen MR) is 109 cm³/mol. The van der Waals surface area contributed by atoms with Gasteiger partial charge in [0.25, 0.3) is 0 Å². The van der Waals surface area contributed by atoms with Gasteiger partial charge < -0.3 is 10.2 Å². The van der Waals surface area contributed by atoms with Gasteiger partial charge in [-0.3, -0.25) is 4.99 Å². The zero-order valence-corrected chi connectivity index (χ0v) is 17.1. The molecule has 1 saturated heterocycles. The van der Waals surface area contributed by atoms with E-state index < -0.39 is 0 Å². The lowest BCUT2D eigenvalue weighted by Crippen LogP contribution is -2.48. The average Bonchev–Trinajstić information content (AvgIpc) is 2.89. The molecule has 1 aromatic carbocycles. The Labute approximate surface area is 158 Å². The summed E-state index contributed by atoms with van der Waals surface area (Å²) in [6.45, 7) is 11.2. The normalized spacial score (nSPS) is 24.7. The van der Waals surface area contributed by atoms with E-state index in [9.17, 15) is 0 Å². The molecule has 3 rings (SSSR count). The van der Waals surface area contributed by atoms with Gasteiger partial charge in [-0.25, -0.2) is 0 Å². The lowest BCUT2D eigenvalue weighted by molar-refractivity contribution is 0.210. The second-order valence-electron chi connectivity index (χ2n) is 7.30. The first-order valence-electron chi connectivity index (χ1n) is 8.72. The van der Waals surface area contributed by atoms with Gasteiger partial charge in [0.05, 0.1) is 18.6 Å². The number of halogens is 1. The third-order valence-corrected chi connectivity index (χ3v) is 5.10. The van der Waals surface area contributed by atoms with Crippen LogP contribution in [0.2, 0.25) is 0 Å². The maximum Gasteiger partial charge on any atom is 0.194 e. The van der Waals surface area contributed by atoms with Crippen LogP contribution in [0.5, 0.6) is 0 Å². The molecule has 1 fully saturated rings. The van der Waals surface area contributed by atoms with Crippen LogP contribution < -0.4 is 5.32 Å². The number of hydrogen-bond donors (Lipinski definition) is 1. The van der Waals surface area contributed by atoms with Gasteiger partial charge in [0, 0.05) is 6.54 Å². The number of rotatable bonds is 3. The van der Waals surface area contributed by atoms with Crippen molar-refractivity contribution in [3.63, 3.8) is 0 Å². The highest BCUT2D eigenvalue weighted by Crippen LogP contribution is 2.28. The van der Waals surface area contributed by atoms with Crippen molar-refractivity contribution in [3.05, 3.63) is 35.4 Å². The molecule has 0 saturated carbocycles. The van der Waals surface area contributed by atoms with Crippen LogP contribution >= 0.6 is 24.0 Å². The van der Waals surface area contributed by atoms with Gasteiger partial charge in [-0.15, -0.1) is 24.0 Å². The molecule has 0 spiro atoms. The highest BCUT2D eigenvalue weighted by atomic mass is 127. The van der Waals surface area contributed by atoms with Crippen LogP contribution in [0.4, 0.5) is 0 Å². The number of nitrogens with one attached hydrogen (secondary N) is 1. The number of aliphatic imine (C=N–C) groups is 1. The van der Waals surface area contributed by atoms with E-state index in [0.29, 0.717) is 18.0 Å². The molecule has 0 aliphatic carbocycles. The van der Waals surface area contributed by atoms with Crippen molar-refractivity contribution in [2.75, 3.05) is 13.1 Å². The van der Waals surface area contributed by atoms with E-state index in [1.54, 1.807) is 0 Å². The Morgan fingerprint density at radius 3 is 2.52 bits per heavy atom. The van der Waals surface area contributed by atoms with Gasteiger partial charge >= 0.3 is 0 Å². The second-order valence-corrected chi connectivity index (χ2v) is 7.30. The van der Waals surface area contributed by atoms with Crippen LogP contribution in [0, 0.1) is 5.92 Å². The fourth-order valence-corrected chi connectivity index (χ4v) is 3.77. The molecule has 1 aromatic rings. The average molecular weight is 427 g/mol. The van der Waals surface area contributed by atoms with Crippen LogP contribution in [0.3, 0.4) is 0 Å². The monoisotopic (exact) mass is 427 g/mol. The summed E-state index contributed by atoms with van der Waals surface area (Å²) in [5, 5.41) is 3.69. The van der Waals surface area contributed by atoms with Crippen LogP contribution in [0.1, 0.15) is 63.6 Å². The van der Waals surface area contributed by atoms with Gasteiger partial charge in [-0.05, 0) is 42.7 Å². The third kappa shape index (κ3) is 4.01. The maximum atomic E-state index is 4.79. The van der Waals surface area contributed by atoms with E-state index in [1.165, 1.54) is 24.0 Å². The summed E-state index contributed by atoms with van der Waals surface area (Å²) in [5.41, 5.74) is 2.83. The lowest BCUT2D eigenvalue weighted by Gasteiger charge is -2.36. The molecular formula is C19H30IN3. The SMILES string of the molecule is CC1CCC2CN=C(NC(C)c3ccccc3C(C)C)N2C1.I. The minimum atomic E-state index is 0. The summed E-state index contributed by atoms with van der Waals surface area (Å²) in [6.07, 6.45) is 2.63. The number of hydrogen-bond acceptors (Lipinski definition) is 3. The number of guanidine groups is 1. The zero-order valence-electron chi connectivity index (χ0n) is 14.7. The smallest absolute Gasteiger partial charge is 0.194 e. The number of fused-ring (bicyclic) bond motifs is 1. The summed E-state index contributed by atoms with van der Waals surface area (Å²) in [4.78, 5) is 7.29. The van der Waals surface area contributed by atoms with Crippen LogP contribution in [0.25, 0.3) is 0 Å². The third-order valence-electron chi connectivity index (χ3n) is 5.10. The molecule has 3 atom stereocenters. The Bertz CT molecular complexity index is 555. The van der Waals surface area contributed by atoms with E-state index in [0.717, 1.165) is 25.0 Å². The molecule has 2 aliphatic heterocycles. The molecule has 128 valence electrons. The molecule has 2 heterocycles. The van der Waals surface area contributed by atoms with Crippen molar-refractivity contribution in [2.24, 2.45) is 10.9 Å². The van der Waals surface area contributed by atoms with Gasteiger partial charge in [-0.2, -0.15) is 0 Å². The molecule has 1 N–H and O–H groups in total. The molecule has 4 heteroatoms. The quantitative estimate of drug-likeness (QED) is 0.717. The Balaban J connectivity index is 0.00000192. The molecule has 0 aromatic heterocycles. The summed E-state index contributed by atoms with van der Waals surface area (Å²) in [7, 11) is 0. The Hall–Kier alpha value is -0.780. The minimum Gasteiger partial charge on any atom is -0.350 e. The second kappa shape index (κ2) is 7.86. The van der Waals surface area contributed by atoms with Crippen molar-refractivity contribution in [1.82, 2.24) is 10.2 Å². The van der Waals surface area contributed by atoms with Crippen molar-refractivity contribution in [3.8, 4) is 0 Å². The maximum absolute atomic E-state index is 4.79.